The predicted octanol–water partition coefficient (Wildman–Crippen LogP) is 1.72. The molecule has 1 heterocycles. The zero-order chi connectivity index (χ0) is 10.8. The van der Waals surface area contributed by atoms with E-state index in [9.17, 15) is 5.11 Å². The Kier molecular flexibility index (Phi) is 2.33. The van der Waals surface area contributed by atoms with Crippen LogP contribution in [0, 0.1) is 0 Å². The van der Waals surface area contributed by atoms with Gasteiger partial charge in [0.05, 0.1) is 11.4 Å². The third-order valence-corrected chi connectivity index (χ3v) is 2.33. The fourth-order valence-corrected chi connectivity index (χ4v) is 1.51. The smallest absolute Gasteiger partial charge is 0.140 e. The number of anilines is 1. The number of nitrogens with two attached hydrogens (primary N) is 1. The molecule has 0 aliphatic heterocycles. The van der Waals surface area contributed by atoms with Crippen LogP contribution < -0.4 is 5.73 Å². The van der Waals surface area contributed by atoms with Gasteiger partial charge in [0.1, 0.15) is 11.6 Å². The van der Waals surface area contributed by atoms with Crippen molar-refractivity contribution in [3.05, 3.63) is 36.4 Å². The molecule has 0 bridgehead atoms. The molecule has 0 amide bonds. The molecule has 1 aromatic heterocycles. The van der Waals surface area contributed by atoms with Gasteiger partial charge in [-0.25, -0.2) is 4.98 Å². The minimum Gasteiger partial charge on any atom is -0.506 e. The molecule has 0 unspecified atom stereocenters. The van der Waals surface area contributed by atoms with Gasteiger partial charge in [-0.2, -0.15) is 0 Å². The molecule has 0 radical (unpaired) electrons. The van der Waals surface area contributed by atoms with E-state index >= 15 is 0 Å². The summed E-state index contributed by atoms with van der Waals surface area (Å²) in [5, 5.41) is 9.50. The van der Waals surface area contributed by atoms with Crippen molar-refractivity contribution < 1.29 is 5.11 Å². The van der Waals surface area contributed by atoms with Gasteiger partial charge in [-0.3, -0.25) is 0 Å². The first-order chi connectivity index (χ1) is 7.22. The SMILES string of the molecule is CCc1nccn1-c1ccc(N)c(O)c1. The fraction of sp³-hybridized carbons (Fsp3) is 0.182. The highest BCUT2D eigenvalue weighted by molar-refractivity contribution is 5.56. The largest absolute Gasteiger partial charge is 0.506 e. The zero-order valence-corrected chi connectivity index (χ0v) is 8.51. The Balaban J connectivity index is 2.50. The summed E-state index contributed by atoms with van der Waals surface area (Å²) in [6.45, 7) is 2.04. The molecule has 0 fully saturated rings. The summed E-state index contributed by atoms with van der Waals surface area (Å²) < 4.78 is 1.93. The molecule has 4 heteroatoms. The molecule has 15 heavy (non-hydrogen) atoms. The molecular weight excluding hydrogens is 190 g/mol. The van der Waals surface area contributed by atoms with Gasteiger partial charge in [-0.1, -0.05) is 6.92 Å². The molecule has 0 atom stereocenters. The molecular formula is C11H13N3O. The van der Waals surface area contributed by atoms with Crippen molar-refractivity contribution in [2.24, 2.45) is 0 Å². The number of benzene rings is 1. The van der Waals surface area contributed by atoms with E-state index < -0.39 is 0 Å². The van der Waals surface area contributed by atoms with Crippen LogP contribution in [-0.4, -0.2) is 14.7 Å². The van der Waals surface area contributed by atoms with E-state index in [4.69, 9.17) is 5.73 Å². The van der Waals surface area contributed by atoms with Crippen molar-refractivity contribution in [3.63, 3.8) is 0 Å². The molecule has 0 saturated heterocycles. The summed E-state index contributed by atoms with van der Waals surface area (Å²) in [6, 6.07) is 5.18. The van der Waals surface area contributed by atoms with Crippen LogP contribution in [0.1, 0.15) is 12.7 Å². The quantitative estimate of drug-likeness (QED) is 0.577. The highest BCUT2D eigenvalue weighted by Gasteiger charge is 2.04. The molecule has 3 N–H and O–H groups in total. The number of aryl methyl sites for hydroxylation is 1. The Morgan fingerprint density at radius 2 is 2.27 bits per heavy atom. The van der Waals surface area contributed by atoms with E-state index in [0.717, 1.165) is 17.9 Å². The van der Waals surface area contributed by atoms with Crippen LogP contribution in [0.4, 0.5) is 5.69 Å². The van der Waals surface area contributed by atoms with Gasteiger partial charge >= 0.3 is 0 Å². The van der Waals surface area contributed by atoms with Gasteiger partial charge < -0.3 is 15.4 Å². The molecule has 2 rings (SSSR count). The Morgan fingerprint density at radius 3 is 2.93 bits per heavy atom. The first-order valence-electron chi connectivity index (χ1n) is 4.83. The van der Waals surface area contributed by atoms with E-state index in [1.54, 1.807) is 18.3 Å². The third kappa shape index (κ3) is 1.66. The number of aromatic nitrogens is 2. The molecule has 0 saturated carbocycles. The number of nitrogen functional groups attached to an aromatic ring is 1. The first-order valence-corrected chi connectivity index (χ1v) is 4.83. The Bertz CT molecular complexity index is 476. The maximum atomic E-state index is 9.50. The van der Waals surface area contributed by atoms with E-state index in [-0.39, 0.29) is 5.75 Å². The number of nitrogens with zero attached hydrogens (tertiary/aromatic N) is 2. The van der Waals surface area contributed by atoms with Crippen molar-refractivity contribution in [1.82, 2.24) is 9.55 Å². The molecule has 4 nitrogen and oxygen atoms in total. The number of phenols is 1. The second-order valence-corrected chi connectivity index (χ2v) is 3.31. The molecule has 1 aromatic carbocycles. The van der Waals surface area contributed by atoms with Crippen LogP contribution in [0.15, 0.2) is 30.6 Å². The van der Waals surface area contributed by atoms with E-state index in [1.165, 1.54) is 0 Å². The summed E-state index contributed by atoms with van der Waals surface area (Å²) in [5.74, 6) is 1.06. The van der Waals surface area contributed by atoms with Gasteiger partial charge in [-0.15, -0.1) is 0 Å². The maximum Gasteiger partial charge on any atom is 0.140 e. The number of aromatic hydroxyl groups is 1. The van der Waals surface area contributed by atoms with Crippen LogP contribution in [0.25, 0.3) is 5.69 Å². The standard InChI is InChI=1S/C11H13N3O/c1-2-11-13-5-6-14(11)8-3-4-9(12)10(15)7-8/h3-7,15H,2,12H2,1H3. The Labute approximate surface area is 88.0 Å². The second kappa shape index (κ2) is 3.65. The molecule has 2 aromatic rings. The minimum atomic E-state index is 0.100. The lowest BCUT2D eigenvalue weighted by Gasteiger charge is -2.07. The van der Waals surface area contributed by atoms with Crippen LogP contribution in [-0.2, 0) is 6.42 Å². The van der Waals surface area contributed by atoms with Crippen LogP contribution in [0.3, 0.4) is 0 Å². The average molecular weight is 203 g/mol. The zero-order valence-electron chi connectivity index (χ0n) is 8.51. The van der Waals surface area contributed by atoms with Crippen molar-refractivity contribution in [3.8, 4) is 11.4 Å². The van der Waals surface area contributed by atoms with E-state index in [0.29, 0.717) is 5.69 Å². The molecule has 0 aliphatic rings. The summed E-state index contributed by atoms with van der Waals surface area (Å²) >= 11 is 0. The number of imidazole rings is 1. The first kappa shape index (κ1) is 9.58. The summed E-state index contributed by atoms with van der Waals surface area (Å²) in [5.41, 5.74) is 6.80. The molecule has 78 valence electrons. The Morgan fingerprint density at radius 1 is 1.47 bits per heavy atom. The second-order valence-electron chi connectivity index (χ2n) is 3.31. The fourth-order valence-electron chi connectivity index (χ4n) is 1.51. The maximum absolute atomic E-state index is 9.50. The normalized spacial score (nSPS) is 10.5. The lowest BCUT2D eigenvalue weighted by Crippen LogP contribution is -1.99. The highest BCUT2D eigenvalue weighted by atomic mass is 16.3. The van der Waals surface area contributed by atoms with E-state index in [2.05, 4.69) is 4.98 Å². The van der Waals surface area contributed by atoms with Gasteiger partial charge in [-0.05, 0) is 12.1 Å². The van der Waals surface area contributed by atoms with Crippen LogP contribution in [0.2, 0.25) is 0 Å². The van der Waals surface area contributed by atoms with Gasteiger partial charge in [0.25, 0.3) is 0 Å². The lowest BCUT2D eigenvalue weighted by molar-refractivity contribution is 0.477. The summed E-state index contributed by atoms with van der Waals surface area (Å²) in [4.78, 5) is 4.21. The van der Waals surface area contributed by atoms with Crippen molar-refractivity contribution >= 4 is 5.69 Å². The number of phenolic OH excluding ortho intramolecular Hbond substituents is 1. The molecule has 0 spiro atoms. The van der Waals surface area contributed by atoms with Crippen molar-refractivity contribution in [1.29, 1.82) is 0 Å². The number of rotatable bonds is 2. The van der Waals surface area contributed by atoms with Crippen molar-refractivity contribution in [2.75, 3.05) is 5.73 Å². The summed E-state index contributed by atoms with van der Waals surface area (Å²) in [6.07, 6.45) is 4.45. The lowest BCUT2D eigenvalue weighted by atomic mass is 10.2. The van der Waals surface area contributed by atoms with Gasteiger partial charge in [0, 0.05) is 24.9 Å². The van der Waals surface area contributed by atoms with Crippen molar-refractivity contribution in [2.45, 2.75) is 13.3 Å². The highest BCUT2D eigenvalue weighted by Crippen LogP contribution is 2.23. The Hall–Kier alpha value is -1.97. The minimum absolute atomic E-state index is 0.100. The number of hydrogen-bond donors (Lipinski definition) is 2. The van der Waals surface area contributed by atoms with Gasteiger partial charge in [0.2, 0.25) is 0 Å². The van der Waals surface area contributed by atoms with E-state index in [1.807, 2.05) is 23.8 Å². The average Bonchev–Trinajstić information content (AvgIpc) is 2.70. The number of hydrogen-bond acceptors (Lipinski definition) is 3. The monoisotopic (exact) mass is 203 g/mol. The summed E-state index contributed by atoms with van der Waals surface area (Å²) in [7, 11) is 0. The molecule has 0 aliphatic carbocycles. The topological polar surface area (TPSA) is 64.1 Å². The van der Waals surface area contributed by atoms with Crippen LogP contribution >= 0.6 is 0 Å². The third-order valence-electron chi connectivity index (χ3n) is 2.33. The van der Waals surface area contributed by atoms with Gasteiger partial charge in [0.15, 0.2) is 0 Å². The predicted molar refractivity (Wildman–Crippen MR) is 59.0 cm³/mol. The van der Waals surface area contributed by atoms with Crippen LogP contribution in [0.5, 0.6) is 5.75 Å².